The Labute approximate surface area is 97.8 Å². The van der Waals surface area contributed by atoms with Gasteiger partial charge in [0, 0.05) is 19.6 Å². The van der Waals surface area contributed by atoms with Crippen molar-refractivity contribution in [3.8, 4) is 0 Å². The van der Waals surface area contributed by atoms with Crippen LogP contribution in [0.15, 0.2) is 12.1 Å². The van der Waals surface area contributed by atoms with E-state index in [2.05, 4.69) is 15.5 Å². The number of carbonyl (C=O) groups is 1. The quantitative estimate of drug-likeness (QED) is 0.722. The summed E-state index contributed by atoms with van der Waals surface area (Å²) in [5, 5.41) is 11.1. The number of hydrogen-bond acceptors (Lipinski definition) is 5. The van der Waals surface area contributed by atoms with Crippen LogP contribution >= 0.6 is 11.6 Å². The van der Waals surface area contributed by atoms with Crippen molar-refractivity contribution < 1.29 is 4.79 Å². The summed E-state index contributed by atoms with van der Waals surface area (Å²) in [5.74, 6) is 0.249. The summed E-state index contributed by atoms with van der Waals surface area (Å²) in [4.78, 5) is 13.1. The fraction of sp³-hybridized carbons (Fsp3) is 0.444. The number of nitrogens with zero attached hydrogens (tertiary/aromatic N) is 3. The van der Waals surface area contributed by atoms with Crippen LogP contribution in [0.25, 0.3) is 0 Å². The van der Waals surface area contributed by atoms with Crippen molar-refractivity contribution >= 4 is 23.3 Å². The van der Waals surface area contributed by atoms with Crippen molar-refractivity contribution in [3.63, 3.8) is 0 Å². The fourth-order valence-corrected chi connectivity index (χ4v) is 1.80. The molecule has 0 radical (unpaired) electrons. The van der Waals surface area contributed by atoms with Crippen LogP contribution in [0.1, 0.15) is 0 Å². The minimum absolute atomic E-state index is 0.328. The van der Waals surface area contributed by atoms with Gasteiger partial charge in [0.2, 0.25) is 5.91 Å². The van der Waals surface area contributed by atoms with Crippen molar-refractivity contribution in [1.29, 1.82) is 0 Å². The molecule has 1 aliphatic heterocycles. The third kappa shape index (κ3) is 2.23. The summed E-state index contributed by atoms with van der Waals surface area (Å²) in [5.41, 5.74) is 5.33. The number of hydrogen-bond donors (Lipinski definition) is 2. The van der Waals surface area contributed by atoms with Gasteiger partial charge in [0.15, 0.2) is 11.0 Å². The second-order valence-electron chi connectivity index (χ2n) is 3.53. The molecule has 1 amide bonds. The Balaban J connectivity index is 2.23. The van der Waals surface area contributed by atoms with E-state index >= 15 is 0 Å². The van der Waals surface area contributed by atoms with Crippen molar-refractivity contribution in [2.45, 2.75) is 6.04 Å². The number of anilines is 1. The van der Waals surface area contributed by atoms with E-state index in [1.54, 1.807) is 12.1 Å². The van der Waals surface area contributed by atoms with Gasteiger partial charge in [-0.15, -0.1) is 10.2 Å². The van der Waals surface area contributed by atoms with Crippen LogP contribution < -0.4 is 16.0 Å². The van der Waals surface area contributed by atoms with Gasteiger partial charge in [-0.1, -0.05) is 11.6 Å². The third-order valence-electron chi connectivity index (χ3n) is 2.48. The number of nitrogens with two attached hydrogens (primary N) is 1. The summed E-state index contributed by atoms with van der Waals surface area (Å²) in [6.45, 7) is 1.98. The Morgan fingerprint density at radius 3 is 3.00 bits per heavy atom. The molecular weight excluding hydrogens is 230 g/mol. The summed E-state index contributed by atoms with van der Waals surface area (Å²) >= 11 is 5.65. The van der Waals surface area contributed by atoms with Crippen LogP contribution in [0, 0.1) is 0 Å². The number of halogens is 1. The largest absolute Gasteiger partial charge is 0.368 e. The highest BCUT2D eigenvalue weighted by Crippen LogP contribution is 2.15. The van der Waals surface area contributed by atoms with Crippen LogP contribution in [-0.4, -0.2) is 41.8 Å². The Kier molecular flexibility index (Phi) is 3.21. The molecule has 16 heavy (non-hydrogen) atoms. The van der Waals surface area contributed by atoms with Gasteiger partial charge in [-0.3, -0.25) is 4.79 Å². The van der Waals surface area contributed by atoms with E-state index in [-0.39, 0.29) is 11.9 Å². The van der Waals surface area contributed by atoms with E-state index < -0.39 is 0 Å². The molecule has 1 atom stereocenters. The van der Waals surface area contributed by atoms with Crippen LogP contribution in [0.3, 0.4) is 0 Å². The summed E-state index contributed by atoms with van der Waals surface area (Å²) in [6, 6.07) is 2.99. The molecule has 86 valence electrons. The first-order valence-corrected chi connectivity index (χ1v) is 5.32. The van der Waals surface area contributed by atoms with Crippen molar-refractivity contribution in [1.82, 2.24) is 15.5 Å². The molecule has 1 fully saturated rings. The zero-order chi connectivity index (χ0) is 11.5. The number of nitrogens with one attached hydrogen (secondary N) is 1. The van der Waals surface area contributed by atoms with E-state index in [4.69, 9.17) is 17.3 Å². The molecule has 0 saturated carbocycles. The second-order valence-corrected chi connectivity index (χ2v) is 3.92. The van der Waals surface area contributed by atoms with Crippen LogP contribution in [-0.2, 0) is 4.79 Å². The second kappa shape index (κ2) is 4.63. The Bertz CT molecular complexity index is 382. The molecule has 3 N–H and O–H groups in total. The zero-order valence-electron chi connectivity index (χ0n) is 8.56. The van der Waals surface area contributed by atoms with E-state index in [0.29, 0.717) is 24.1 Å². The lowest BCUT2D eigenvalue weighted by molar-refractivity contribution is -0.119. The van der Waals surface area contributed by atoms with E-state index in [1.807, 2.05) is 4.90 Å². The van der Waals surface area contributed by atoms with E-state index in [9.17, 15) is 4.79 Å². The van der Waals surface area contributed by atoms with Gasteiger partial charge < -0.3 is 16.0 Å². The smallest absolute Gasteiger partial charge is 0.241 e. The van der Waals surface area contributed by atoms with Crippen molar-refractivity contribution in [3.05, 3.63) is 17.3 Å². The molecule has 7 heteroatoms. The van der Waals surface area contributed by atoms with E-state index in [1.165, 1.54) is 0 Å². The van der Waals surface area contributed by atoms with Gasteiger partial charge in [-0.05, 0) is 12.1 Å². The molecule has 1 unspecified atom stereocenters. The molecule has 1 aliphatic rings. The lowest BCUT2D eigenvalue weighted by Gasteiger charge is -2.34. The lowest BCUT2D eigenvalue weighted by atomic mass is 10.2. The Hall–Kier alpha value is -1.40. The predicted molar refractivity (Wildman–Crippen MR) is 60.2 cm³/mol. The first-order chi connectivity index (χ1) is 7.68. The maximum absolute atomic E-state index is 11.3. The number of primary amides is 1. The van der Waals surface area contributed by atoms with Gasteiger partial charge >= 0.3 is 0 Å². The molecular formula is C9H12ClN5O. The standard InChI is InChI=1S/C9H12ClN5O/c10-7-1-2-8(14-13-7)15-4-3-12-5-6(15)9(11)16/h1-2,6,12H,3-5H2,(H2,11,16). The predicted octanol–water partition coefficient (Wildman–Crippen LogP) is -0.607. The zero-order valence-corrected chi connectivity index (χ0v) is 9.31. The Morgan fingerprint density at radius 1 is 1.56 bits per heavy atom. The van der Waals surface area contributed by atoms with Crippen LogP contribution in [0.4, 0.5) is 5.82 Å². The highest BCUT2D eigenvalue weighted by atomic mass is 35.5. The normalized spacial score (nSPS) is 20.8. The van der Waals surface area contributed by atoms with Gasteiger partial charge in [0.1, 0.15) is 6.04 Å². The molecule has 0 bridgehead atoms. The first kappa shape index (κ1) is 11.1. The SMILES string of the molecule is NC(=O)C1CNCCN1c1ccc(Cl)nn1. The van der Waals surface area contributed by atoms with Gasteiger partial charge in [-0.25, -0.2) is 0 Å². The molecule has 6 nitrogen and oxygen atoms in total. The van der Waals surface area contributed by atoms with Gasteiger partial charge in [0.05, 0.1) is 0 Å². The van der Waals surface area contributed by atoms with Crippen molar-refractivity contribution in [2.24, 2.45) is 5.73 Å². The molecule has 0 aliphatic carbocycles. The molecule has 0 spiro atoms. The molecule has 1 aromatic heterocycles. The van der Waals surface area contributed by atoms with Gasteiger partial charge in [-0.2, -0.15) is 0 Å². The average molecular weight is 242 g/mol. The van der Waals surface area contributed by atoms with Gasteiger partial charge in [0.25, 0.3) is 0 Å². The minimum atomic E-state index is -0.385. The molecule has 1 aromatic rings. The highest BCUT2D eigenvalue weighted by Gasteiger charge is 2.27. The number of amides is 1. The highest BCUT2D eigenvalue weighted by molar-refractivity contribution is 6.29. The van der Waals surface area contributed by atoms with Crippen LogP contribution in [0.5, 0.6) is 0 Å². The molecule has 1 saturated heterocycles. The fourth-order valence-electron chi connectivity index (χ4n) is 1.69. The molecule has 2 heterocycles. The minimum Gasteiger partial charge on any atom is -0.368 e. The Morgan fingerprint density at radius 2 is 2.38 bits per heavy atom. The number of rotatable bonds is 2. The monoisotopic (exact) mass is 241 g/mol. The number of aromatic nitrogens is 2. The maximum atomic E-state index is 11.3. The molecule has 0 aromatic carbocycles. The van der Waals surface area contributed by atoms with E-state index in [0.717, 1.165) is 6.54 Å². The summed E-state index contributed by atoms with van der Waals surface area (Å²) in [6.07, 6.45) is 0. The summed E-state index contributed by atoms with van der Waals surface area (Å²) in [7, 11) is 0. The number of carbonyl (C=O) groups excluding carboxylic acids is 1. The summed E-state index contributed by atoms with van der Waals surface area (Å²) < 4.78 is 0. The van der Waals surface area contributed by atoms with Crippen molar-refractivity contribution in [2.75, 3.05) is 24.5 Å². The van der Waals surface area contributed by atoms with Crippen LogP contribution in [0.2, 0.25) is 5.15 Å². The third-order valence-corrected chi connectivity index (χ3v) is 2.69. The first-order valence-electron chi connectivity index (χ1n) is 4.94. The average Bonchev–Trinajstić information content (AvgIpc) is 2.30. The maximum Gasteiger partial charge on any atom is 0.241 e. The number of piperazine rings is 1. The molecule has 2 rings (SSSR count). The lowest BCUT2D eigenvalue weighted by Crippen LogP contribution is -2.57. The topological polar surface area (TPSA) is 84.1 Å².